The van der Waals surface area contributed by atoms with Crippen LogP contribution in [0, 0.1) is 0 Å². The molecule has 12 aromatic rings. The molecule has 0 spiro atoms. The Morgan fingerprint density at radius 2 is 0.982 bits per heavy atom. The van der Waals surface area contributed by atoms with Crippen LogP contribution < -0.4 is 0 Å². The van der Waals surface area contributed by atoms with Gasteiger partial charge < -0.3 is 4.42 Å². The van der Waals surface area contributed by atoms with Crippen molar-refractivity contribution in [3.63, 3.8) is 0 Å². The SMILES string of the molecule is c1ccc(-c2ccc(-c3nc(-c4ccc5ccc6oc7ccc8sc(-c9ccccc9)nc8c7c6c5c4)nc(-n4c5ccccc5c5ccccc54)n3)cc2)cc1. The predicted molar refractivity (Wildman–Crippen MR) is 234 cm³/mol. The molecule has 4 heterocycles. The highest BCUT2D eigenvalue weighted by molar-refractivity contribution is 7.21. The molecule has 0 aliphatic heterocycles. The van der Waals surface area contributed by atoms with E-state index in [9.17, 15) is 0 Å². The number of nitrogens with zero attached hydrogens (tertiary/aromatic N) is 5. The van der Waals surface area contributed by atoms with E-state index in [0.717, 1.165) is 97.6 Å². The van der Waals surface area contributed by atoms with Crippen molar-refractivity contribution in [3.8, 4) is 50.4 Å². The molecule has 0 unspecified atom stereocenters. The van der Waals surface area contributed by atoms with Crippen LogP contribution in [-0.2, 0) is 0 Å². The van der Waals surface area contributed by atoms with E-state index in [0.29, 0.717) is 17.6 Å². The molecule has 6 nitrogen and oxygen atoms in total. The van der Waals surface area contributed by atoms with Gasteiger partial charge in [-0.3, -0.25) is 4.57 Å². The molecule has 0 fully saturated rings. The lowest BCUT2D eigenvalue weighted by molar-refractivity contribution is 0.669. The van der Waals surface area contributed by atoms with Crippen molar-refractivity contribution >= 4 is 76.1 Å². The number of rotatable bonds is 5. The minimum Gasteiger partial charge on any atom is -0.456 e. The number of aromatic nitrogens is 5. The Morgan fingerprint density at radius 1 is 0.421 bits per heavy atom. The third-order valence-corrected chi connectivity index (χ3v) is 12.0. The van der Waals surface area contributed by atoms with Crippen LogP contribution in [0.1, 0.15) is 0 Å². The summed E-state index contributed by atoms with van der Waals surface area (Å²) in [5, 5.41) is 7.48. The Hall–Kier alpha value is -7.48. The summed E-state index contributed by atoms with van der Waals surface area (Å²) in [5.41, 5.74) is 9.83. The number of thiazole rings is 1. The number of hydrogen-bond acceptors (Lipinski definition) is 6. The number of hydrogen-bond donors (Lipinski definition) is 0. The highest BCUT2D eigenvalue weighted by Gasteiger charge is 2.20. The zero-order valence-corrected chi connectivity index (χ0v) is 31.1. The second-order valence-electron chi connectivity index (χ2n) is 14.2. The summed E-state index contributed by atoms with van der Waals surface area (Å²) in [6.45, 7) is 0. The quantitative estimate of drug-likeness (QED) is 0.175. The van der Waals surface area contributed by atoms with E-state index in [1.165, 1.54) is 0 Å². The molecule has 0 saturated carbocycles. The van der Waals surface area contributed by atoms with Crippen molar-refractivity contribution in [2.45, 2.75) is 0 Å². The van der Waals surface area contributed by atoms with Crippen LogP contribution in [0.25, 0.3) is 115 Å². The van der Waals surface area contributed by atoms with Gasteiger partial charge >= 0.3 is 0 Å². The fourth-order valence-electron chi connectivity index (χ4n) is 8.21. The number of para-hydroxylation sites is 2. The maximum Gasteiger partial charge on any atom is 0.238 e. The number of fused-ring (bicyclic) bond motifs is 10. The van der Waals surface area contributed by atoms with E-state index in [1.807, 2.05) is 12.1 Å². The monoisotopic (exact) mass is 747 g/mol. The Kier molecular flexibility index (Phi) is 7.00. The lowest BCUT2D eigenvalue weighted by Gasteiger charge is -2.12. The van der Waals surface area contributed by atoms with E-state index in [2.05, 4.69) is 168 Å². The Morgan fingerprint density at radius 3 is 1.72 bits per heavy atom. The molecule has 57 heavy (non-hydrogen) atoms. The van der Waals surface area contributed by atoms with Gasteiger partial charge in [-0.1, -0.05) is 140 Å². The standard InChI is InChI=1S/C50H29N5OS/c1-3-11-30(12-4-1)31-19-22-33(23-20-31)47-52-48(54-50(53-47)55-39-17-9-7-15-36(39)37-16-8-10-18-40(37)55)35-24-21-32-25-26-41-44(38(32)29-35)45-42(56-41)27-28-43-46(45)51-49(57-43)34-13-5-2-6-14-34/h1-29H. The fourth-order valence-corrected chi connectivity index (χ4v) is 9.19. The molecule has 0 bridgehead atoms. The van der Waals surface area contributed by atoms with Crippen molar-refractivity contribution in [1.82, 2.24) is 24.5 Å². The summed E-state index contributed by atoms with van der Waals surface area (Å²) < 4.78 is 9.79. The van der Waals surface area contributed by atoms with Crippen LogP contribution in [0.5, 0.6) is 0 Å². The molecule has 0 aliphatic carbocycles. The van der Waals surface area contributed by atoms with Crippen molar-refractivity contribution in [2.75, 3.05) is 0 Å². The van der Waals surface area contributed by atoms with Gasteiger partial charge in [0.15, 0.2) is 11.6 Å². The van der Waals surface area contributed by atoms with Crippen molar-refractivity contribution in [3.05, 3.63) is 176 Å². The van der Waals surface area contributed by atoms with E-state index in [-0.39, 0.29) is 0 Å². The first-order chi connectivity index (χ1) is 28.2. The Bertz CT molecular complexity index is 3460. The summed E-state index contributed by atoms with van der Waals surface area (Å²) in [6.07, 6.45) is 0. The van der Waals surface area contributed by atoms with E-state index in [4.69, 9.17) is 24.4 Å². The maximum atomic E-state index is 6.52. The average molecular weight is 748 g/mol. The number of benzene rings is 8. The first-order valence-corrected chi connectivity index (χ1v) is 19.7. The second kappa shape index (κ2) is 12.5. The van der Waals surface area contributed by atoms with Gasteiger partial charge in [-0.2, -0.15) is 9.97 Å². The maximum absolute atomic E-state index is 6.52. The summed E-state index contributed by atoms with van der Waals surface area (Å²) in [4.78, 5) is 20.9. The molecule has 8 aromatic carbocycles. The van der Waals surface area contributed by atoms with E-state index >= 15 is 0 Å². The van der Waals surface area contributed by atoms with Gasteiger partial charge in [-0.05, 0) is 58.3 Å². The van der Waals surface area contributed by atoms with Gasteiger partial charge in [0.1, 0.15) is 16.2 Å². The third kappa shape index (κ3) is 5.10. The summed E-state index contributed by atoms with van der Waals surface area (Å²) in [5.74, 6) is 1.74. The molecule has 7 heteroatoms. The van der Waals surface area contributed by atoms with Crippen LogP contribution in [0.3, 0.4) is 0 Å². The van der Waals surface area contributed by atoms with Crippen LogP contribution in [0.4, 0.5) is 0 Å². The lowest BCUT2D eigenvalue weighted by atomic mass is 10.0. The van der Waals surface area contributed by atoms with Gasteiger partial charge in [0.05, 0.1) is 26.6 Å². The molecule has 0 radical (unpaired) electrons. The predicted octanol–water partition coefficient (Wildman–Crippen LogP) is 13.3. The van der Waals surface area contributed by atoms with E-state index < -0.39 is 0 Å². The molecule has 0 saturated heterocycles. The van der Waals surface area contributed by atoms with Gasteiger partial charge in [0, 0.05) is 32.8 Å². The lowest BCUT2D eigenvalue weighted by Crippen LogP contribution is -2.06. The zero-order chi connectivity index (χ0) is 37.5. The molecule has 0 atom stereocenters. The molecule has 0 aliphatic rings. The van der Waals surface area contributed by atoms with Crippen LogP contribution in [-0.4, -0.2) is 24.5 Å². The molecular weight excluding hydrogens is 719 g/mol. The molecule has 266 valence electrons. The topological polar surface area (TPSA) is 69.6 Å². The van der Waals surface area contributed by atoms with Crippen molar-refractivity contribution < 1.29 is 4.42 Å². The average Bonchev–Trinajstić information content (AvgIpc) is 3.99. The summed E-state index contributed by atoms with van der Waals surface area (Å²) in [6, 6.07) is 60.9. The highest BCUT2D eigenvalue weighted by atomic mass is 32.1. The van der Waals surface area contributed by atoms with Gasteiger partial charge in [-0.15, -0.1) is 11.3 Å². The molecule has 12 rings (SSSR count). The highest BCUT2D eigenvalue weighted by Crippen LogP contribution is 2.42. The first kappa shape index (κ1) is 31.8. The fraction of sp³-hybridized carbons (Fsp3) is 0. The largest absolute Gasteiger partial charge is 0.456 e. The van der Waals surface area contributed by atoms with Gasteiger partial charge in [-0.25, -0.2) is 9.97 Å². The van der Waals surface area contributed by atoms with E-state index in [1.54, 1.807) is 11.3 Å². The second-order valence-corrected chi connectivity index (χ2v) is 15.3. The Balaban J connectivity index is 1.09. The molecular formula is C50H29N5OS. The first-order valence-electron chi connectivity index (χ1n) is 18.9. The van der Waals surface area contributed by atoms with Gasteiger partial charge in [0.2, 0.25) is 5.95 Å². The molecule has 0 amide bonds. The zero-order valence-electron chi connectivity index (χ0n) is 30.3. The Labute approximate surface area is 330 Å². The smallest absolute Gasteiger partial charge is 0.238 e. The van der Waals surface area contributed by atoms with Crippen LogP contribution in [0.15, 0.2) is 180 Å². The molecule has 0 N–H and O–H groups in total. The van der Waals surface area contributed by atoms with Crippen molar-refractivity contribution in [1.29, 1.82) is 0 Å². The third-order valence-electron chi connectivity index (χ3n) is 10.9. The van der Waals surface area contributed by atoms with Crippen LogP contribution in [0.2, 0.25) is 0 Å². The minimum atomic E-state index is 0.559. The summed E-state index contributed by atoms with van der Waals surface area (Å²) in [7, 11) is 0. The van der Waals surface area contributed by atoms with Crippen LogP contribution >= 0.6 is 11.3 Å². The van der Waals surface area contributed by atoms with Crippen molar-refractivity contribution in [2.24, 2.45) is 0 Å². The number of furan rings is 1. The van der Waals surface area contributed by atoms with Gasteiger partial charge in [0.25, 0.3) is 0 Å². The summed E-state index contributed by atoms with van der Waals surface area (Å²) >= 11 is 1.70. The minimum absolute atomic E-state index is 0.559. The molecule has 4 aromatic heterocycles. The normalized spacial score (nSPS) is 11.9.